The zero-order valence-electron chi connectivity index (χ0n) is 16.5. The number of fused-ring (bicyclic) bond motifs is 1. The van der Waals surface area contributed by atoms with Crippen molar-refractivity contribution in [1.29, 1.82) is 0 Å². The van der Waals surface area contributed by atoms with Crippen molar-refractivity contribution >= 4 is 55.9 Å². The smallest absolute Gasteiger partial charge is 0.277 e. The summed E-state index contributed by atoms with van der Waals surface area (Å²) in [7, 11) is -3.53. The summed E-state index contributed by atoms with van der Waals surface area (Å²) >= 11 is 8.83. The lowest BCUT2D eigenvalue weighted by Gasteiger charge is -2.20. The van der Waals surface area contributed by atoms with Gasteiger partial charge in [-0.2, -0.15) is 4.31 Å². The summed E-state index contributed by atoms with van der Waals surface area (Å²) in [4.78, 5) is 20.4. The van der Waals surface area contributed by atoms with E-state index in [2.05, 4.69) is 4.98 Å². The molecule has 10 heteroatoms. The highest BCUT2D eigenvalue weighted by molar-refractivity contribution is 7.89. The van der Waals surface area contributed by atoms with E-state index in [-0.39, 0.29) is 10.8 Å². The fourth-order valence-corrected chi connectivity index (χ4v) is 6.93. The third kappa shape index (κ3) is 3.80. The van der Waals surface area contributed by atoms with Crippen molar-refractivity contribution in [1.82, 2.24) is 9.29 Å². The summed E-state index contributed by atoms with van der Waals surface area (Å²) in [6.45, 7) is 4.98. The van der Waals surface area contributed by atoms with E-state index in [0.717, 1.165) is 21.1 Å². The molecule has 1 amide bonds. The van der Waals surface area contributed by atoms with Gasteiger partial charge in [0.15, 0.2) is 0 Å². The highest BCUT2D eigenvalue weighted by Crippen LogP contribution is 2.35. The van der Waals surface area contributed by atoms with Crippen molar-refractivity contribution in [3.63, 3.8) is 0 Å². The van der Waals surface area contributed by atoms with Crippen LogP contribution in [0.2, 0.25) is 4.34 Å². The fraction of sp³-hybridized carbons (Fsp3) is 0.300. The molecule has 0 bridgehead atoms. The quantitative estimate of drug-likeness (QED) is 0.509. The predicted molar refractivity (Wildman–Crippen MR) is 122 cm³/mol. The number of thiophene rings is 1. The van der Waals surface area contributed by atoms with Gasteiger partial charge in [0, 0.05) is 30.7 Å². The molecular formula is C20H20ClN3O3S3. The number of hydrogen-bond acceptors (Lipinski definition) is 6. The number of sulfonamides is 1. The molecule has 6 nitrogen and oxygen atoms in total. The van der Waals surface area contributed by atoms with Crippen LogP contribution in [-0.4, -0.2) is 43.2 Å². The first kappa shape index (κ1) is 21.5. The lowest BCUT2D eigenvalue weighted by atomic mass is 10.2. The first-order valence-corrected chi connectivity index (χ1v) is 13.0. The minimum Gasteiger partial charge on any atom is -0.306 e. The molecule has 0 radical (unpaired) electrons. The largest absolute Gasteiger partial charge is 0.306 e. The van der Waals surface area contributed by atoms with Gasteiger partial charge in [-0.05, 0) is 42.3 Å². The Labute approximate surface area is 188 Å². The van der Waals surface area contributed by atoms with Crippen molar-refractivity contribution in [3.05, 3.63) is 51.3 Å². The number of aromatic nitrogens is 1. The second-order valence-electron chi connectivity index (χ2n) is 6.73. The number of carbonyl (C=O) groups is 1. The van der Waals surface area contributed by atoms with Gasteiger partial charge in [-0.3, -0.25) is 4.79 Å². The monoisotopic (exact) mass is 481 g/mol. The topological polar surface area (TPSA) is 70.6 Å². The molecule has 1 aliphatic rings. The second-order valence-corrected chi connectivity index (χ2v) is 11.2. The second kappa shape index (κ2) is 8.39. The summed E-state index contributed by atoms with van der Waals surface area (Å²) in [6.07, 6.45) is 0.611. The predicted octanol–water partition coefficient (Wildman–Crippen LogP) is 4.76. The zero-order valence-corrected chi connectivity index (χ0v) is 19.7. The minimum absolute atomic E-state index is 0.182. The number of hydrogen-bond donors (Lipinski definition) is 0. The van der Waals surface area contributed by atoms with Crippen molar-refractivity contribution in [3.8, 4) is 9.88 Å². The molecule has 3 heterocycles. The van der Waals surface area contributed by atoms with Crippen molar-refractivity contribution in [2.75, 3.05) is 24.5 Å². The maximum Gasteiger partial charge on any atom is 0.277 e. The third-order valence-corrected chi connectivity index (χ3v) is 9.33. The number of anilines is 1. The van der Waals surface area contributed by atoms with E-state index in [1.807, 2.05) is 26.0 Å². The van der Waals surface area contributed by atoms with Crippen LogP contribution in [0.5, 0.6) is 0 Å². The van der Waals surface area contributed by atoms with Crippen LogP contribution in [0, 0.1) is 0 Å². The molecule has 1 aromatic carbocycles. The maximum atomic E-state index is 13.1. The number of halogens is 1. The van der Waals surface area contributed by atoms with Crippen LogP contribution in [0.25, 0.3) is 9.88 Å². The summed E-state index contributed by atoms with van der Waals surface area (Å²) in [5.74, 6) is -0.182. The van der Waals surface area contributed by atoms with Gasteiger partial charge in [0.2, 0.25) is 10.0 Å². The molecule has 0 saturated heterocycles. The summed E-state index contributed by atoms with van der Waals surface area (Å²) in [5.41, 5.74) is 1.98. The van der Waals surface area contributed by atoms with Crippen LogP contribution in [0.1, 0.15) is 29.9 Å². The van der Waals surface area contributed by atoms with Crippen LogP contribution >= 0.6 is 34.3 Å². The fourth-order valence-electron chi connectivity index (χ4n) is 3.51. The van der Waals surface area contributed by atoms with Gasteiger partial charge in [-0.15, -0.1) is 22.7 Å². The Balaban J connectivity index is 1.59. The lowest BCUT2D eigenvalue weighted by molar-refractivity contribution is 0.0985. The molecule has 0 N–H and O–H groups in total. The Bertz CT molecular complexity index is 1200. The van der Waals surface area contributed by atoms with Gasteiger partial charge in [0.05, 0.1) is 14.1 Å². The minimum atomic E-state index is -3.53. The molecule has 0 fully saturated rings. The normalized spacial score (nSPS) is 13.8. The molecule has 0 unspecified atom stereocenters. The SMILES string of the molecule is CCN(CC)S(=O)(=O)c1ccc2c(c1)CCN2C(=O)c1csc(-c2ccc(Cl)s2)n1. The highest BCUT2D eigenvalue weighted by Gasteiger charge is 2.30. The molecule has 2 aromatic heterocycles. The van der Waals surface area contributed by atoms with Gasteiger partial charge in [0.25, 0.3) is 5.91 Å². The Morgan fingerprint density at radius 2 is 2.00 bits per heavy atom. The van der Waals surface area contributed by atoms with Gasteiger partial charge in [-0.1, -0.05) is 25.4 Å². The molecule has 0 aliphatic carbocycles. The summed E-state index contributed by atoms with van der Waals surface area (Å²) < 4.78 is 27.7. The van der Waals surface area contributed by atoms with E-state index < -0.39 is 10.0 Å². The molecular weight excluding hydrogens is 462 g/mol. The van der Waals surface area contributed by atoms with Crippen molar-refractivity contribution in [2.45, 2.75) is 25.2 Å². The van der Waals surface area contributed by atoms with Gasteiger partial charge in [0.1, 0.15) is 10.7 Å². The Hall–Kier alpha value is -1.78. The molecule has 3 aromatic rings. The molecule has 30 heavy (non-hydrogen) atoms. The Morgan fingerprint density at radius 1 is 1.23 bits per heavy atom. The Morgan fingerprint density at radius 3 is 2.67 bits per heavy atom. The maximum absolute atomic E-state index is 13.1. The van der Waals surface area contributed by atoms with Crippen molar-refractivity contribution < 1.29 is 13.2 Å². The number of benzene rings is 1. The number of nitrogens with zero attached hydrogens (tertiary/aromatic N) is 3. The first-order chi connectivity index (χ1) is 14.3. The van der Waals surface area contributed by atoms with Crippen LogP contribution in [0.15, 0.2) is 40.6 Å². The standard InChI is InChI=1S/C20H20ClN3O3S3/c1-3-23(4-2)30(26,27)14-5-6-16-13(11-14)9-10-24(16)20(25)15-12-28-19(22-15)17-7-8-18(21)29-17/h5-8,11-12H,3-4,9-10H2,1-2H3. The molecule has 4 rings (SSSR count). The number of carbonyl (C=O) groups excluding carboxylic acids is 1. The highest BCUT2D eigenvalue weighted by atomic mass is 35.5. The summed E-state index contributed by atoms with van der Waals surface area (Å²) in [6, 6.07) is 8.70. The van der Waals surface area contributed by atoms with E-state index >= 15 is 0 Å². The molecule has 1 aliphatic heterocycles. The van der Waals surface area contributed by atoms with E-state index in [9.17, 15) is 13.2 Å². The number of rotatable bonds is 6. The molecule has 0 spiro atoms. The average molecular weight is 482 g/mol. The van der Waals surface area contributed by atoms with Gasteiger partial charge >= 0.3 is 0 Å². The Kier molecular flexibility index (Phi) is 6.00. The molecule has 158 valence electrons. The van der Waals surface area contributed by atoms with E-state index in [4.69, 9.17) is 11.6 Å². The third-order valence-electron chi connectivity index (χ3n) is 5.04. The van der Waals surface area contributed by atoms with Crippen LogP contribution < -0.4 is 4.90 Å². The van der Waals surface area contributed by atoms with Crippen LogP contribution in [0.4, 0.5) is 5.69 Å². The first-order valence-electron chi connectivity index (χ1n) is 9.51. The summed E-state index contributed by atoms with van der Waals surface area (Å²) in [5, 5.41) is 2.51. The number of thiazole rings is 1. The van der Waals surface area contributed by atoms with Crippen LogP contribution in [0.3, 0.4) is 0 Å². The molecule has 0 saturated carbocycles. The van der Waals surface area contributed by atoms with Gasteiger partial charge < -0.3 is 4.90 Å². The van der Waals surface area contributed by atoms with E-state index in [1.165, 1.54) is 27.0 Å². The lowest BCUT2D eigenvalue weighted by Crippen LogP contribution is -2.31. The zero-order chi connectivity index (χ0) is 21.5. The van der Waals surface area contributed by atoms with Gasteiger partial charge in [-0.25, -0.2) is 13.4 Å². The van der Waals surface area contributed by atoms with Crippen molar-refractivity contribution in [2.24, 2.45) is 0 Å². The van der Waals surface area contributed by atoms with Crippen LogP contribution in [-0.2, 0) is 16.4 Å². The number of amides is 1. The van der Waals surface area contributed by atoms with E-state index in [1.54, 1.807) is 28.5 Å². The van der Waals surface area contributed by atoms with E-state index in [0.29, 0.717) is 36.1 Å². The average Bonchev–Trinajstić information content (AvgIpc) is 3.46. The molecule has 0 atom stereocenters.